The Morgan fingerprint density at radius 2 is 1.75 bits per heavy atom. The molecule has 0 radical (unpaired) electrons. The van der Waals surface area contributed by atoms with Gasteiger partial charge in [0.15, 0.2) is 0 Å². The van der Waals surface area contributed by atoms with E-state index in [1.165, 1.54) is 7.11 Å². The fraction of sp³-hybridized carbons (Fsp3) is 1.00. The van der Waals surface area contributed by atoms with E-state index in [2.05, 4.69) is 10.7 Å². The summed E-state index contributed by atoms with van der Waals surface area (Å²) in [4.78, 5) is 3.75. The first kappa shape index (κ1) is 9.01. The Kier molecular flexibility index (Phi) is 27.3. The summed E-state index contributed by atoms with van der Waals surface area (Å²) in [5, 5.41) is 0. The number of nitrogens with two attached hydrogens (primary N) is 1. The van der Waals surface area contributed by atoms with Crippen molar-refractivity contribution in [1.29, 1.82) is 0 Å². The molecule has 0 fully saturated rings. The molecule has 26 valence electrons. The van der Waals surface area contributed by atoms with Gasteiger partial charge in [0.25, 0.3) is 0 Å². The van der Waals surface area contributed by atoms with Crippen molar-refractivity contribution in [1.82, 2.24) is 0 Å². The van der Waals surface area contributed by atoms with E-state index in [0.717, 1.165) is 0 Å². The largest absolute Gasteiger partial charge is 0.308 e. The number of hydrogen-bond donors (Lipinski definition) is 1. The number of rotatable bonds is 0. The first-order chi connectivity index (χ1) is 1.41. The van der Waals surface area contributed by atoms with Crippen LogP contribution in [0, 0.1) is 0 Å². The smallest absolute Gasteiger partial charge is 0.0814 e. The summed E-state index contributed by atoms with van der Waals surface area (Å²) in [7, 11) is 1.40. The van der Waals surface area contributed by atoms with Gasteiger partial charge in [-0.15, -0.1) is 0 Å². The summed E-state index contributed by atoms with van der Waals surface area (Å²) in [5.41, 5.74) is 0. The van der Waals surface area contributed by atoms with Crippen LogP contribution in [-0.4, -0.2) is 15.5 Å². The van der Waals surface area contributed by atoms with Crippen LogP contribution in [-0.2, 0) is 4.84 Å². The van der Waals surface area contributed by atoms with Gasteiger partial charge in [-0.3, -0.25) is 0 Å². The molecule has 3 heteroatoms. The third-order valence-electron chi connectivity index (χ3n) is 0. The van der Waals surface area contributed by atoms with Gasteiger partial charge in [-0.1, -0.05) is 0 Å². The van der Waals surface area contributed by atoms with Gasteiger partial charge in [-0.2, -0.15) is 0 Å². The van der Waals surface area contributed by atoms with Gasteiger partial charge in [0.2, 0.25) is 0 Å². The monoisotopic (exact) mass is 61.1 g/mol. The molecule has 0 aromatic rings. The summed E-state index contributed by atoms with van der Waals surface area (Å²) in [6.07, 6.45) is 0. The van der Waals surface area contributed by atoms with E-state index in [4.69, 9.17) is 0 Å². The molecular weight excluding hydrogens is 52.8 g/mol. The standard InChI is InChI=1S/CH5NO.BH3/c1-3-2;/h2H2,1H3;1H3. The summed E-state index contributed by atoms with van der Waals surface area (Å²) in [6, 6.07) is 0. The summed E-state index contributed by atoms with van der Waals surface area (Å²) in [6.45, 7) is 0. The molecule has 0 unspecified atom stereocenters. The lowest BCUT2D eigenvalue weighted by Crippen LogP contribution is -1.86. The summed E-state index contributed by atoms with van der Waals surface area (Å²) in [5.74, 6) is 4.35. The van der Waals surface area contributed by atoms with Gasteiger partial charge < -0.3 is 4.84 Å². The van der Waals surface area contributed by atoms with Crippen molar-refractivity contribution in [3.63, 3.8) is 0 Å². The molecule has 0 aromatic carbocycles. The van der Waals surface area contributed by atoms with Crippen LogP contribution in [0.15, 0.2) is 0 Å². The summed E-state index contributed by atoms with van der Waals surface area (Å²) < 4.78 is 0. The highest BCUT2D eigenvalue weighted by Gasteiger charge is 1.23. The molecule has 0 spiro atoms. The molecule has 0 saturated heterocycles. The van der Waals surface area contributed by atoms with E-state index in [1.54, 1.807) is 0 Å². The second kappa shape index (κ2) is 12.1. The Labute approximate surface area is 27.5 Å². The predicted molar refractivity (Wildman–Crippen MR) is 21.1 cm³/mol. The Morgan fingerprint density at radius 3 is 1.75 bits per heavy atom. The quantitative estimate of drug-likeness (QED) is 0.268. The molecular formula is CH8BNO. The normalized spacial score (nSPS) is 4.50. The number of hydrogen-bond acceptors (Lipinski definition) is 2. The lowest BCUT2D eigenvalue weighted by atomic mass is 10.8. The zero-order valence-corrected chi connectivity index (χ0v) is 1.99. The average Bonchev–Trinajstić information content (AvgIpc) is 0.918. The highest BCUT2D eigenvalue weighted by molar-refractivity contribution is 5.75. The fourth-order valence-corrected chi connectivity index (χ4v) is 0. The van der Waals surface area contributed by atoms with Crippen molar-refractivity contribution in [3.8, 4) is 0 Å². The van der Waals surface area contributed by atoms with E-state index in [1.807, 2.05) is 0 Å². The van der Waals surface area contributed by atoms with Gasteiger partial charge in [-0.25, -0.2) is 5.90 Å². The third-order valence-corrected chi connectivity index (χ3v) is 0. The molecule has 0 aliphatic rings. The molecule has 0 amide bonds. The van der Waals surface area contributed by atoms with Crippen LogP contribution in [0.1, 0.15) is 0 Å². The molecule has 0 aliphatic heterocycles. The van der Waals surface area contributed by atoms with E-state index < -0.39 is 0 Å². The van der Waals surface area contributed by atoms with Gasteiger partial charge in [0, 0.05) is 0 Å². The third kappa shape index (κ3) is 8480. The minimum atomic E-state index is 0. The highest BCUT2D eigenvalue weighted by Crippen LogP contribution is 1.14. The SMILES string of the molecule is B.CON. The molecule has 0 aromatic heterocycles. The zero-order chi connectivity index (χ0) is 2.71. The molecule has 0 saturated carbocycles. The van der Waals surface area contributed by atoms with Crippen molar-refractivity contribution in [2.24, 2.45) is 5.90 Å². The molecule has 0 aliphatic carbocycles. The Bertz CT molecular complexity index is 8.00. The van der Waals surface area contributed by atoms with Crippen LogP contribution >= 0.6 is 0 Å². The minimum Gasteiger partial charge on any atom is -0.308 e. The van der Waals surface area contributed by atoms with Crippen molar-refractivity contribution in [3.05, 3.63) is 0 Å². The molecule has 0 rings (SSSR count). The second-order valence-corrected chi connectivity index (χ2v) is 0.236. The van der Waals surface area contributed by atoms with E-state index in [0.29, 0.717) is 0 Å². The van der Waals surface area contributed by atoms with Gasteiger partial charge >= 0.3 is 0 Å². The lowest BCUT2D eigenvalue weighted by Gasteiger charge is -1.62. The first-order valence-electron chi connectivity index (χ1n) is 0.644. The van der Waals surface area contributed by atoms with Crippen molar-refractivity contribution < 1.29 is 4.84 Å². The van der Waals surface area contributed by atoms with Gasteiger partial charge in [0.05, 0.1) is 15.5 Å². The van der Waals surface area contributed by atoms with Crippen molar-refractivity contribution >= 4 is 8.41 Å². The topological polar surface area (TPSA) is 35.2 Å². The van der Waals surface area contributed by atoms with Crippen LogP contribution < -0.4 is 5.90 Å². The maximum absolute atomic E-state index is 4.35. The second-order valence-electron chi connectivity index (χ2n) is 0.236. The minimum absolute atomic E-state index is 0. The van der Waals surface area contributed by atoms with E-state index >= 15 is 0 Å². The first-order valence-corrected chi connectivity index (χ1v) is 0.644. The maximum atomic E-state index is 4.35. The van der Waals surface area contributed by atoms with Crippen LogP contribution in [0.3, 0.4) is 0 Å². The molecule has 2 N–H and O–H groups in total. The van der Waals surface area contributed by atoms with Crippen LogP contribution in [0.25, 0.3) is 0 Å². The molecule has 0 heterocycles. The van der Waals surface area contributed by atoms with Crippen molar-refractivity contribution in [2.75, 3.05) is 7.11 Å². The zero-order valence-electron chi connectivity index (χ0n) is 1.99. The average molecular weight is 60.9 g/mol. The van der Waals surface area contributed by atoms with E-state index in [-0.39, 0.29) is 8.41 Å². The molecule has 4 heavy (non-hydrogen) atoms. The van der Waals surface area contributed by atoms with Crippen LogP contribution in [0.5, 0.6) is 0 Å². The Hall–Kier alpha value is -0.0151. The molecule has 0 atom stereocenters. The van der Waals surface area contributed by atoms with Crippen molar-refractivity contribution in [2.45, 2.75) is 0 Å². The predicted octanol–water partition coefficient (Wildman–Crippen LogP) is -1.68. The lowest BCUT2D eigenvalue weighted by molar-refractivity contribution is 0.206. The van der Waals surface area contributed by atoms with Crippen LogP contribution in [0.2, 0.25) is 0 Å². The highest BCUT2D eigenvalue weighted by atomic mass is 16.6. The van der Waals surface area contributed by atoms with Gasteiger partial charge in [0.1, 0.15) is 0 Å². The van der Waals surface area contributed by atoms with Gasteiger partial charge in [-0.05, 0) is 0 Å². The van der Waals surface area contributed by atoms with E-state index in [9.17, 15) is 0 Å². The molecule has 0 bridgehead atoms. The Morgan fingerprint density at radius 1 is 1.75 bits per heavy atom. The summed E-state index contributed by atoms with van der Waals surface area (Å²) >= 11 is 0. The van der Waals surface area contributed by atoms with Crippen LogP contribution in [0.4, 0.5) is 0 Å². The molecule has 2 nitrogen and oxygen atoms in total. The Balaban J connectivity index is 0. The fourth-order valence-electron chi connectivity index (χ4n) is 0. The maximum Gasteiger partial charge on any atom is 0.0814 e.